The predicted octanol–water partition coefficient (Wildman–Crippen LogP) is 1.67. The molecule has 21 heavy (non-hydrogen) atoms. The highest BCUT2D eigenvalue weighted by atomic mass is 16.4. The van der Waals surface area contributed by atoms with Crippen LogP contribution in [-0.2, 0) is 4.79 Å². The molecule has 1 aliphatic rings. The standard InChI is InChI=1S/C15H19N3O3/c1-3-5-15(14(20)21)6-4-7-18(10-15)13(19)12-9-16-11(2)8-17-12/h3,8-9H,1,4-7,10H2,2H3,(H,20,21). The average molecular weight is 289 g/mol. The monoisotopic (exact) mass is 289 g/mol. The van der Waals surface area contributed by atoms with Gasteiger partial charge in [-0.1, -0.05) is 6.08 Å². The fraction of sp³-hybridized carbons (Fsp3) is 0.467. The minimum Gasteiger partial charge on any atom is -0.481 e. The summed E-state index contributed by atoms with van der Waals surface area (Å²) in [5.41, 5.74) is 0.0467. The molecular formula is C15H19N3O3. The number of hydrogen-bond acceptors (Lipinski definition) is 4. The Balaban J connectivity index is 2.20. The number of carboxylic acids is 1. The molecular weight excluding hydrogens is 270 g/mol. The normalized spacial score (nSPS) is 21.9. The van der Waals surface area contributed by atoms with Crippen molar-refractivity contribution >= 4 is 11.9 Å². The van der Waals surface area contributed by atoms with Crippen molar-refractivity contribution in [3.8, 4) is 0 Å². The summed E-state index contributed by atoms with van der Waals surface area (Å²) in [6.45, 7) is 6.15. The minimum atomic E-state index is -0.937. The molecule has 6 nitrogen and oxygen atoms in total. The molecule has 1 unspecified atom stereocenters. The van der Waals surface area contributed by atoms with E-state index in [-0.39, 0.29) is 18.1 Å². The molecule has 1 fully saturated rings. The molecule has 0 aliphatic carbocycles. The van der Waals surface area contributed by atoms with E-state index < -0.39 is 11.4 Å². The van der Waals surface area contributed by atoms with Crippen LogP contribution in [0.5, 0.6) is 0 Å². The van der Waals surface area contributed by atoms with Crippen molar-refractivity contribution < 1.29 is 14.7 Å². The number of allylic oxidation sites excluding steroid dienone is 1. The average Bonchev–Trinajstić information content (AvgIpc) is 2.48. The van der Waals surface area contributed by atoms with Gasteiger partial charge < -0.3 is 10.0 Å². The Bertz CT molecular complexity index is 556. The lowest BCUT2D eigenvalue weighted by molar-refractivity contribution is -0.151. The van der Waals surface area contributed by atoms with E-state index in [2.05, 4.69) is 16.5 Å². The number of carbonyl (C=O) groups excluding carboxylic acids is 1. The predicted molar refractivity (Wildman–Crippen MR) is 76.8 cm³/mol. The second-order valence-corrected chi connectivity index (χ2v) is 5.45. The quantitative estimate of drug-likeness (QED) is 0.852. The topological polar surface area (TPSA) is 83.4 Å². The molecule has 0 radical (unpaired) electrons. The molecule has 0 spiro atoms. The molecule has 1 aromatic heterocycles. The highest BCUT2D eigenvalue weighted by molar-refractivity contribution is 5.92. The van der Waals surface area contributed by atoms with Gasteiger partial charge in [0.25, 0.3) is 5.91 Å². The van der Waals surface area contributed by atoms with Gasteiger partial charge in [0.15, 0.2) is 0 Å². The molecule has 2 rings (SSSR count). The SMILES string of the molecule is C=CCC1(C(=O)O)CCCN(C(=O)c2cnc(C)cn2)C1. The van der Waals surface area contributed by atoms with E-state index in [9.17, 15) is 14.7 Å². The molecule has 112 valence electrons. The highest BCUT2D eigenvalue weighted by Crippen LogP contribution is 2.34. The third kappa shape index (κ3) is 3.09. The molecule has 1 aromatic rings. The summed E-state index contributed by atoms with van der Waals surface area (Å²) in [7, 11) is 0. The second-order valence-electron chi connectivity index (χ2n) is 5.45. The number of carboxylic acid groups (broad SMARTS) is 1. The van der Waals surface area contributed by atoms with Crippen LogP contribution < -0.4 is 0 Å². The Morgan fingerprint density at radius 2 is 2.24 bits per heavy atom. The van der Waals surface area contributed by atoms with Gasteiger partial charge in [0, 0.05) is 19.3 Å². The third-order valence-electron chi connectivity index (χ3n) is 3.85. The van der Waals surface area contributed by atoms with Crippen LogP contribution in [0.25, 0.3) is 0 Å². The zero-order chi connectivity index (χ0) is 15.5. The first-order valence-corrected chi connectivity index (χ1v) is 6.91. The van der Waals surface area contributed by atoms with Crippen LogP contribution >= 0.6 is 0 Å². The van der Waals surface area contributed by atoms with E-state index in [1.807, 2.05) is 0 Å². The zero-order valence-electron chi connectivity index (χ0n) is 12.1. The van der Waals surface area contributed by atoms with Gasteiger partial charge >= 0.3 is 5.97 Å². The number of amides is 1. The Morgan fingerprint density at radius 1 is 1.48 bits per heavy atom. The molecule has 6 heteroatoms. The van der Waals surface area contributed by atoms with Crippen LogP contribution in [0, 0.1) is 12.3 Å². The van der Waals surface area contributed by atoms with Gasteiger partial charge in [-0.05, 0) is 26.2 Å². The van der Waals surface area contributed by atoms with Crippen molar-refractivity contribution in [3.05, 3.63) is 36.4 Å². The van der Waals surface area contributed by atoms with Gasteiger partial charge in [-0.25, -0.2) is 4.98 Å². The fourth-order valence-electron chi connectivity index (χ4n) is 2.67. The molecule has 1 aliphatic heterocycles. The fourth-order valence-corrected chi connectivity index (χ4v) is 2.67. The van der Waals surface area contributed by atoms with Gasteiger partial charge in [0.1, 0.15) is 5.69 Å². The van der Waals surface area contributed by atoms with Crippen molar-refractivity contribution in [1.82, 2.24) is 14.9 Å². The first-order chi connectivity index (χ1) is 9.98. The molecule has 1 atom stereocenters. The van der Waals surface area contributed by atoms with Crippen LogP contribution in [0.3, 0.4) is 0 Å². The maximum Gasteiger partial charge on any atom is 0.311 e. The summed E-state index contributed by atoms with van der Waals surface area (Å²) < 4.78 is 0. The van der Waals surface area contributed by atoms with E-state index in [1.165, 1.54) is 12.4 Å². The number of hydrogen-bond donors (Lipinski definition) is 1. The number of aliphatic carboxylic acids is 1. The number of aromatic nitrogens is 2. The largest absolute Gasteiger partial charge is 0.481 e. The first-order valence-electron chi connectivity index (χ1n) is 6.91. The summed E-state index contributed by atoms with van der Waals surface area (Å²) >= 11 is 0. The van der Waals surface area contributed by atoms with Crippen LogP contribution in [-0.4, -0.2) is 44.9 Å². The van der Waals surface area contributed by atoms with Crippen molar-refractivity contribution in [1.29, 1.82) is 0 Å². The summed E-state index contributed by atoms with van der Waals surface area (Å²) in [5, 5.41) is 9.51. The Labute approximate surface area is 123 Å². The number of piperidine rings is 1. The summed E-state index contributed by atoms with van der Waals surface area (Å²) in [4.78, 5) is 33.7. The Morgan fingerprint density at radius 3 is 2.81 bits per heavy atom. The van der Waals surface area contributed by atoms with Gasteiger partial charge in [0.05, 0.1) is 17.3 Å². The van der Waals surface area contributed by atoms with Crippen molar-refractivity contribution in [3.63, 3.8) is 0 Å². The minimum absolute atomic E-state index is 0.183. The second kappa shape index (κ2) is 6.03. The smallest absolute Gasteiger partial charge is 0.311 e. The number of aryl methyl sites for hydroxylation is 1. The van der Waals surface area contributed by atoms with E-state index in [0.717, 1.165) is 5.69 Å². The van der Waals surface area contributed by atoms with E-state index in [0.29, 0.717) is 25.8 Å². The van der Waals surface area contributed by atoms with Crippen LogP contribution in [0.1, 0.15) is 35.4 Å². The summed E-state index contributed by atoms with van der Waals surface area (Å²) in [6, 6.07) is 0. The summed E-state index contributed by atoms with van der Waals surface area (Å²) in [6.07, 6.45) is 6.13. The lowest BCUT2D eigenvalue weighted by Crippen LogP contribution is -2.49. The molecule has 0 aromatic carbocycles. The maximum atomic E-state index is 12.4. The molecule has 1 amide bonds. The van der Waals surface area contributed by atoms with Gasteiger partial charge in [-0.3, -0.25) is 14.6 Å². The maximum absolute atomic E-state index is 12.4. The summed E-state index contributed by atoms with van der Waals surface area (Å²) in [5.74, 6) is -1.15. The number of carbonyl (C=O) groups is 2. The van der Waals surface area contributed by atoms with Crippen LogP contribution in [0.4, 0.5) is 0 Å². The molecule has 2 heterocycles. The zero-order valence-corrected chi connectivity index (χ0v) is 12.1. The van der Waals surface area contributed by atoms with E-state index in [1.54, 1.807) is 17.9 Å². The van der Waals surface area contributed by atoms with Crippen LogP contribution in [0.15, 0.2) is 25.0 Å². The highest BCUT2D eigenvalue weighted by Gasteiger charge is 2.42. The van der Waals surface area contributed by atoms with Crippen molar-refractivity contribution in [2.24, 2.45) is 5.41 Å². The number of likely N-dealkylation sites (tertiary alicyclic amines) is 1. The first kappa shape index (κ1) is 15.2. The number of nitrogens with zero attached hydrogens (tertiary/aromatic N) is 3. The van der Waals surface area contributed by atoms with Gasteiger partial charge in [0.2, 0.25) is 0 Å². The van der Waals surface area contributed by atoms with Gasteiger partial charge in [-0.2, -0.15) is 0 Å². The van der Waals surface area contributed by atoms with Crippen LogP contribution in [0.2, 0.25) is 0 Å². The third-order valence-corrected chi connectivity index (χ3v) is 3.85. The lowest BCUT2D eigenvalue weighted by Gasteiger charge is -2.39. The van der Waals surface area contributed by atoms with Crippen molar-refractivity contribution in [2.75, 3.05) is 13.1 Å². The molecule has 0 saturated carbocycles. The van der Waals surface area contributed by atoms with E-state index in [4.69, 9.17) is 0 Å². The lowest BCUT2D eigenvalue weighted by atomic mass is 9.77. The molecule has 1 N–H and O–H groups in total. The Kier molecular flexibility index (Phi) is 4.35. The Hall–Kier alpha value is -2.24. The number of rotatable bonds is 4. The molecule has 0 bridgehead atoms. The van der Waals surface area contributed by atoms with Crippen molar-refractivity contribution in [2.45, 2.75) is 26.2 Å². The van der Waals surface area contributed by atoms with Gasteiger partial charge in [-0.15, -0.1) is 6.58 Å². The molecule has 1 saturated heterocycles. The van der Waals surface area contributed by atoms with E-state index >= 15 is 0 Å².